The highest BCUT2D eigenvalue weighted by molar-refractivity contribution is 7.89. The van der Waals surface area contributed by atoms with E-state index in [9.17, 15) is 26.4 Å². The number of hydrogen-bond acceptors (Lipinski definition) is 8. The normalized spacial score (nSPS) is 19.4. The Hall–Kier alpha value is -2.84. The van der Waals surface area contributed by atoms with Crippen molar-refractivity contribution in [2.24, 2.45) is 5.14 Å². The van der Waals surface area contributed by atoms with Gasteiger partial charge in [-0.1, -0.05) is 12.1 Å². The smallest absolute Gasteiger partial charge is 0.338 e. The second-order valence-corrected chi connectivity index (χ2v) is 11.3. The lowest BCUT2D eigenvalue weighted by Crippen LogP contribution is -2.48. The molecule has 0 aliphatic carbocycles. The standard InChI is InChI=1S/C21H25N3O8S2/c1-14-11-24(12-15(2)32-14)34(29,30)19-8-3-5-16(9-19)21(26)31-13-20(25)23-17-6-4-7-18(10-17)33(22,27)28/h3-10,14-15H,11-13H2,1-2H3,(H,23,25)(H2,22,27,28). The zero-order chi connectivity index (χ0) is 25.1. The molecule has 13 heteroatoms. The summed E-state index contributed by atoms with van der Waals surface area (Å²) in [6.07, 6.45) is -0.535. The lowest BCUT2D eigenvalue weighted by Gasteiger charge is -2.34. The van der Waals surface area contributed by atoms with Crippen molar-refractivity contribution in [3.05, 3.63) is 54.1 Å². The summed E-state index contributed by atoms with van der Waals surface area (Å²) in [5.41, 5.74) is 0.106. The Morgan fingerprint density at radius 1 is 1.03 bits per heavy atom. The molecule has 1 saturated heterocycles. The maximum atomic E-state index is 13.0. The third-order valence-electron chi connectivity index (χ3n) is 4.87. The van der Waals surface area contributed by atoms with Gasteiger partial charge in [0.15, 0.2) is 6.61 Å². The molecule has 0 aromatic heterocycles. The van der Waals surface area contributed by atoms with Crippen LogP contribution in [-0.2, 0) is 34.3 Å². The van der Waals surface area contributed by atoms with Crippen LogP contribution in [-0.4, -0.2) is 64.9 Å². The fraction of sp³-hybridized carbons (Fsp3) is 0.333. The van der Waals surface area contributed by atoms with E-state index in [0.717, 1.165) is 6.07 Å². The Bertz CT molecular complexity index is 1280. The van der Waals surface area contributed by atoms with Crippen LogP contribution in [0.5, 0.6) is 0 Å². The summed E-state index contributed by atoms with van der Waals surface area (Å²) < 4.78 is 60.7. The molecule has 1 aliphatic heterocycles. The third kappa shape index (κ3) is 6.39. The van der Waals surface area contributed by atoms with Gasteiger partial charge in [-0.2, -0.15) is 4.31 Å². The molecule has 0 bridgehead atoms. The minimum Gasteiger partial charge on any atom is -0.452 e. The number of nitrogens with zero attached hydrogens (tertiary/aromatic N) is 1. The van der Waals surface area contributed by atoms with E-state index < -0.39 is 38.5 Å². The molecular formula is C21H25N3O8S2. The number of primary sulfonamides is 1. The van der Waals surface area contributed by atoms with Gasteiger partial charge in [0.05, 0.1) is 27.6 Å². The fourth-order valence-corrected chi connectivity index (χ4v) is 5.62. The highest BCUT2D eigenvalue weighted by atomic mass is 32.2. The van der Waals surface area contributed by atoms with Crippen molar-refractivity contribution in [3.8, 4) is 0 Å². The van der Waals surface area contributed by atoms with Crippen molar-refractivity contribution in [2.45, 2.75) is 35.8 Å². The first-order chi connectivity index (χ1) is 15.9. The number of ether oxygens (including phenoxy) is 2. The summed E-state index contributed by atoms with van der Waals surface area (Å²) in [6.45, 7) is 3.26. The average Bonchev–Trinajstić information content (AvgIpc) is 2.76. The second kappa shape index (κ2) is 10.2. The summed E-state index contributed by atoms with van der Waals surface area (Å²) in [5.74, 6) is -1.62. The maximum Gasteiger partial charge on any atom is 0.338 e. The number of rotatable bonds is 7. The van der Waals surface area contributed by atoms with E-state index in [0.29, 0.717) is 0 Å². The van der Waals surface area contributed by atoms with Crippen LogP contribution < -0.4 is 10.5 Å². The summed E-state index contributed by atoms with van der Waals surface area (Å²) in [4.78, 5) is 24.3. The number of nitrogens with one attached hydrogen (secondary N) is 1. The van der Waals surface area contributed by atoms with E-state index in [2.05, 4.69) is 5.32 Å². The van der Waals surface area contributed by atoms with E-state index in [1.807, 2.05) is 0 Å². The number of anilines is 1. The molecule has 184 valence electrons. The SMILES string of the molecule is CC1CN(S(=O)(=O)c2cccc(C(=O)OCC(=O)Nc3cccc(S(N)(=O)=O)c3)c2)CC(C)O1. The van der Waals surface area contributed by atoms with Gasteiger partial charge in [0.1, 0.15) is 0 Å². The first-order valence-corrected chi connectivity index (χ1v) is 13.2. The van der Waals surface area contributed by atoms with Crippen molar-refractivity contribution in [1.29, 1.82) is 0 Å². The van der Waals surface area contributed by atoms with E-state index in [1.165, 1.54) is 46.8 Å². The maximum absolute atomic E-state index is 13.0. The minimum atomic E-state index is -3.95. The van der Waals surface area contributed by atoms with Crippen molar-refractivity contribution in [2.75, 3.05) is 25.0 Å². The van der Waals surface area contributed by atoms with Gasteiger partial charge >= 0.3 is 5.97 Å². The summed E-state index contributed by atoms with van der Waals surface area (Å²) in [6, 6.07) is 10.6. The predicted molar refractivity (Wildman–Crippen MR) is 122 cm³/mol. The van der Waals surface area contributed by atoms with Gasteiger partial charge in [0.25, 0.3) is 5.91 Å². The number of hydrogen-bond donors (Lipinski definition) is 2. The quantitative estimate of drug-likeness (QED) is 0.519. The van der Waals surface area contributed by atoms with E-state index in [4.69, 9.17) is 14.6 Å². The van der Waals surface area contributed by atoms with Gasteiger partial charge in [-0.05, 0) is 50.2 Å². The molecule has 34 heavy (non-hydrogen) atoms. The van der Waals surface area contributed by atoms with Crippen molar-refractivity contribution < 1.29 is 35.9 Å². The van der Waals surface area contributed by atoms with Crippen molar-refractivity contribution >= 4 is 37.6 Å². The second-order valence-electron chi connectivity index (χ2n) is 7.80. The Labute approximate surface area is 197 Å². The molecule has 2 atom stereocenters. The number of benzene rings is 2. The van der Waals surface area contributed by atoms with Crippen LogP contribution in [0.4, 0.5) is 5.69 Å². The first-order valence-electron chi connectivity index (χ1n) is 10.2. The van der Waals surface area contributed by atoms with Crippen LogP contribution in [0.25, 0.3) is 0 Å². The van der Waals surface area contributed by atoms with Gasteiger partial charge in [-0.15, -0.1) is 0 Å². The average molecular weight is 512 g/mol. The topological polar surface area (TPSA) is 162 Å². The largest absolute Gasteiger partial charge is 0.452 e. The highest BCUT2D eigenvalue weighted by Gasteiger charge is 2.32. The van der Waals surface area contributed by atoms with E-state index in [1.54, 1.807) is 13.8 Å². The molecule has 1 amide bonds. The monoisotopic (exact) mass is 511 g/mol. The summed E-state index contributed by atoms with van der Waals surface area (Å²) in [7, 11) is -7.81. The Morgan fingerprint density at radius 3 is 2.29 bits per heavy atom. The zero-order valence-electron chi connectivity index (χ0n) is 18.5. The molecule has 3 N–H and O–H groups in total. The third-order valence-corrected chi connectivity index (χ3v) is 7.61. The number of nitrogens with two attached hydrogens (primary N) is 1. The van der Waals surface area contributed by atoms with Crippen molar-refractivity contribution in [3.63, 3.8) is 0 Å². The lowest BCUT2D eigenvalue weighted by molar-refractivity contribution is -0.119. The molecule has 1 fully saturated rings. The van der Waals surface area contributed by atoms with Crippen LogP contribution in [0.1, 0.15) is 24.2 Å². The van der Waals surface area contributed by atoms with Gasteiger partial charge in [-0.3, -0.25) is 4.79 Å². The molecule has 2 aromatic rings. The van der Waals surface area contributed by atoms with E-state index in [-0.39, 0.29) is 46.3 Å². The number of morpholine rings is 1. The summed E-state index contributed by atoms with van der Waals surface area (Å²) in [5, 5.41) is 7.46. The Morgan fingerprint density at radius 2 is 1.65 bits per heavy atom. The molecule has 0 radical (unpaired) electrons. The van der Waals surface area contributed by atoms with Crippen LogP contribution in [0.2, 0.25) is 0 Å². The van der Waals surface area contributed by atoms with Gasteiger partial charge in [0.2, 0.25) is 20.0 Å². The first kappa shape index (κ1) is 25.8. The Balaban J connectivity index is 1.65. The van der Waals surface area contributed by atoms with Gasteiger partial charge < -0.3 is 14.8 Å². The van der Waals surface area contributed by atoms with Gasteiger partial charge in [-0.25, -0.2) is 26.8 Å². The molecule has 0 saturated carbocycles. The van der Waals surface area contributed by atoms with Crippen LogP contribution >= 0.6 is 0 Å². The Kier molecular flexibility index (Phi) is 7.73. The fourth-order valence-electron chi connectivity index (χ4n) is 3.42. The highest BCUT2D eigenvalue weighted by Crippen LogP contribution is 2.22. The molecule has 11 nitrogen and oxygen atoms in total. The summed E-state index contributed by atoms with van der Waals surface area (Å²) >= 11 is 0. The van der Waals surface area contributed by atoms with Gasteiger partial charge in [0, 0.05) is 18.8 Å². The lowest BCUT2D eigenvalue weighted by atomic mass is 10.2. The molecule has 0 spiro atoms. The van der Waals surface area contributed by atoms with Crippen molar-refractivity contribution in [1.82, 2.24) is 4.31 Å². The minimum absolute atomic E-state index is 0.0422. The molecule has 2 unspecified atom stereocenters. The van der Waals surface area contributed by atoms with Crippen LogP contribution in [0, 0.1) is 0 Å². The molecule has 2 aromatic carbocycles. The molecule has 3 rings (SSSR count). The number of sulfonamides is 2. The van der Waals surface area contributed by atoms with Crippen LogP contribution in [0.3, 0.4) is 0 Å². The molecule has 1 heterocycles. The molecule has 1 aliphatic rings. The number of carbonyl (C=O) groups excluding carboxylic acids is 2. The zero-order valence-corrected chi connectivity index (χ0v) is 20.1. The predicted octanol–water partition coefficient (Wildman–Crippen LogP) is 0.927. The number of esters is 1. The van der Waals surface area contributed by atoms with E-state index >= 15 is 0 Å². The molecular weight excluding hydrogens is 486 g/mol. The number of amides is 1. The van der Waals surface area contributed by atoms with Crippen LogP contribution in [0.15, 0.2) is 58.3 Å². The number of carbonyl (C=O) groups is 2.